The number of nitrogens with zero attached hydrogens (tertiary/aromatic N) is 2. The molecule has 1 atom stereocenters. The number of phenolic OH excluding ortho intramolecular Hbond substituents is 1. The summed E-state index contributed by atoms with van der Waals surface area (Å²) in [6.07, 6.45) is 2.91. The largest absolute Gasteiger partial charge is 0.508 e. The summed E-state index contributed by atoms with van der Waals surface area (Å²) in [6, 6.07) is 6.67. The Labute approximate surface area is 105 Å². The van der Waals surface area contributed by atoms with Crippen molar-refractivity contribution in [3.05, 3.63) is 41.5 Å². The zero-order valence-electron chi connectivity index (χ0n) is 9.91. The maximum Gasteiger partial charge on any atom is 0.243 e. The fourth-order valence-electron chi connectivity index (χ4n) is 1.88. The van der Waals surface area contributed by atoms with Crippen LogP contribution in [0.5, 0.6) is 5.75 Å². The van der Waals surface area contributed by atoms with E-state index in [0.717, 1.165) is 24.2 Å². The molecule has 5 nitrogen and oxygen atoms in total. The Morgan fingerprint density at radius 2 is 2.06 bits per heavy atom. The molecule has 18 heavy (non-hydrogen) atoms. The zero-order chi connectivity index (χ0) is 12.5. The van der Waals surface area contributed by atoms with E-state index >= 15 is 0 Å². The first-order valence-corrected chi connectivity index (χ1v) is 6.09. The fraction of sp³-hybridized carbons (Fsp3) is 0.385. The van der Waals surface area contributed by atoms with Gasteiger partial charge in [0.25, 0.3) is 0 Å². The van der Waals surface area contributed by atoms with E-state index in [1.807, 2.05) is 12.1 Å². The van der Waals surface area contributed by atoms with Crippen molar-refractivity contribution < 1.29 is 9.63 Å². The molecule has 0 spiro atoms. The SMILES string of the molecule is NC(Cc1ccc(O)cc1)c1nc(C2CC2)no1. The van der Waals surface area contributed by atoms with Crippen LogP contribution < -0.4 is 5.73 Å². The van der Waals surface area contributed by atoms with E-state index in [-0.39, 0.29) is 11.8 Å². The van der Waals surface area contributed by atoms with Crippen molar-refractivity contribution in [2.75, 3.05) is 0 Å². The first kappa shape index (κ1) is 11.2. The Bertz CT molecular complexity index is 531. The summed E-state index contributed by atoms with van der Waals surface area (Å²) in [5.74, 6) is 2.00. The Hall–Kier alpha value is -1.88. The molecule has 1 aromatic heterocycles. The Morgan fingerprint density at radius 1 is 1.33 bits per heavy atom. The second-order valence-corrected chi connectivity index (χ2v) is 4.74. The number of rotatable bonds is 4. The van der Waals surface area contributed by atoms with Gasteiger partial charge in [0.1, 0.15) is 5.75 Å². The first-order chi connectivity index (χ1) is 8.72. The molecular formula is C13H15N3O2. The van der Waals surface area contributed by atoms with Crippen molar-refractivity contribution in [3.63, 3.8) is 0 Å². The van der Waals surface area contributed by atoms with E-state index in [2.05, 4.69) is 10.1 Å². The molecule has 2 aromatic rings. The normalized spacial score (nSPS) is 16.7. The topological polar surface area (TPSA) is 85.2 Å². The van der Waals surface area contributed by atoms with Gasteiger partial charge in [0.05, 0.1) is 6.04 Å². The van der Waals surface area contributed by atoms with E-state index in [1.165, 1.54) is 0 Å². The second-order valence-electron chi connectivity index (χ2n) is 4.74. The second kappa shape index (κ2) is 4.42. The highest BCUT2D eigenvalue weighted by Crippen LogP contribution is 2.38. The minimum Gasteiger partial charge on any atom is -0.508 e. The smallest absolute Gasteiger partial charge is 0.243 e. The molecule has 1 saturated carbocycles. The lowest BCUT2D eigenvalue weighted by atomic mass is 10.1. The number of phenols is 1. The van der Waals surface area contributed by atoms with Crippen molar-refractivity contribution in [1.82, 2.24) is 10.1 Å². The zero-order valence-corrected chi connectivity index (χ0v) is 9.91. The van der Waals surface area contributed by atoms with Crippen molar-refractivity contribution in [1.29, 1.82) is 0 Å². The summed E-state index contributed by atoms with van der Waals surface area (Å²) < 4.78 is 5.19. The van der Waals surface area contributed by atoms with Gasteiger partial charge in [0.15, 0.2) is 5.82 Å². The van der Waals surface area contributed by atoms with Crippen molar-refractivity contribution in [2.24, 2.45) is 5.73 Å². The van der Waals surface area contributed by atoms with Crippen LogP contribution in [0.4, 0.5) is 0 Å². The van der Waals surface area contributed by atoms with Gasteiger partial charge in [0, 0.05) is 5.92 Å². The van der Waals surface area contributed by atoms with E-state index in [9.17, 15) is 5.11 Å². The highest BCUT2D eigenvalue weighted by atomic mass is 16.5. The Morgan fingerprint density at radius 3 is 2.72 bits per heavy atom. The van der Waals surface area contributed by atoms with Crippen LogP contribution in [0.2, 0.25) is 0 Å². The van der Waals surface area contributed by atoms with E-state index in [1.54, 1.807) is 12.1 Å². The van der Waals surface area contributed by atoms with Crippen molar-refractivity contribution in [3.8, 4) is 5.75 Å². The van der Waals surface area contributed by atoms with E-state index < -0.39 is 0 Å². The van der Waals surface area contributed by atoms with Gasteiger partial charge in [0.2, 0.25) is 5.89 Å². The maximum absolute atomic E-state index is 9.21. The van der Waals surface area contributed by atoms with Gasteiger partial charge >= 0.3 is 0 Å². The molecule has 94 valence electrons. The molecule has 3 N–H and O–H groups in total. The average molecular weight is 245 g/mol. The lowest BCUT2D eigenvalue weighted by molar-refractivity contribution is 0.350. The predicted molar refractivity (Wildman–Crippen MR) is 65.0 cm³/mol. The molecule has 1 heterocycles. The quantitative estimate of drug-likeness (QED) is 0.859. The van der Waals surface area contributed by atoms with Gasteiger partial charge in [-0.25, -0.2) is 0 Å². The van der Waals surface area contributed by atoms with Crippen LogP contribution >= 0.6 is 0 Å². The van der Waals surface area contributed by atoms with Gasteiger partial charge in [-0.3, -0.25) is 0 Å². The van der Waals surface area contributed by atoms with Crippen molar-refractivity contribution in [2.45, 2.75) is 31.2 Å². The van der Waals surface area contributed by atoms with Crippen LogP contribution in [0, 0.1) is 0 Å². The van der Waals surface area contributed by atoms with Crippen LogP contribution in [-0.4, -0.2) is 15.2 Å². The Kier molecular flexibility index (Phi) is 2.76. The monoisotopic (exact) mass is 245 g/mol. The molecule has 0 saturated heterocycles. The van der Waals surface area contributed by atoms with E-state index in [4.69, 9.17) is 10.3 Å². The fourth-order valence-corrected chi connectivity index (χ4v) is 1.88. The molecule has 1 aliphatic rings. The summed E-state index contributed by atoms with van der Waals surface area (Å²) >= 11 is 0. The number of benzene rings is 1. The summed E-state index contributed by atoms with van der Waals surface area (Å²) in [4.78, 5) is 4.33. The molecule has 1 unspecified atom stereocenters. The highest BCUT2D eigenvalue weighted by molar-refractivity contribution is 5.26. The molecule has 1 fully saturated rings. The average Bonchev–Trinajstić information content (AvgIpc) is 3.10. The molecule has 0 radical (unpaired) electrons. The van der Waals surface area contributed by atoms with Gasteiger partial charge in [-0.05, 0) is 37.0 Å². The standard InChI is InChI=1S/C13H15N3O2/c14-11(7-8-1-5-10(17)6-2-8)13-15-12(16-18-13)9-3-4-9/h1-2,5-6,9,11,17H,3-4,7,14H2. The van der Waals surface area contributed by atoms with Gasteiger partial charge in [-0.15, -0.1) is 0 Å². The van der Waals surface area contributed by atoms with Crippen LogP contribution in [0.1, 0.15) is 42.1 Å². The molecule has 1 aliphatic carbocycles. The van der Waals surface area contributed by atoms with Crippen LogP contribution in [0.15, 0.2) is 28.8 Å². The minimum absolute atomic E-state index is 0.251. The third kappa shape index (κ3) is 2.36. The van der Waals surface area contributed by atoms with Crippen molar-refractivity contribution >= 4 is 0 Å². The number of aromatic nitrogens is 2. The van der Waals surface area contributed by atoms with Crippen LogP contribution in [0.3, 0.4) is 0 Å². The molecular weight excluding hydrogens is 230 g/mol. The number of nitrogens with two attached hydrogens (primary N) is 1. The van der Waals surface area contributed by atoms with Gasteiger partial charge in [-0.1, -0.05) is 17.3 Å². The maximum atomic E-state index is 9.21. The number of hydrogen-bond donors (Lipinski definition) is 2. The molecule has 0 amide bonds. The molecule has 0 bridgehead atoms. The number of aromatic hydroxyl groups is 1. The third-order valence-electron chi connectivity index (χ3n) is 3.11. The molecule has 5 heteroatoms. The lowest BCUT2D eigenvalue weighted by Crippen LogP contribution is -2.13. The first-order valence-electron chi connectivity index (χ1n) is 6.09. The van der Waals surface area contributed by atoms with Gasteiger partial charge in [-0.2, -0.15) is 4.98 Å². The van der Waals surface area contributed by atoms with Crippen LogP contribution in [-0.2, 0) is 6.42 Å². The third-order valence-corrected chi connectivity index (χ3v) is 3.11. The number of hydrogen-bond acceptors (Lipinski definition) is 5. The Balaban J connectivity index is 1.69. The van der Waals surface area contributed by atoms with Crippen LogP contribution in [0.25, 0.3) is 0 Å². The lowest BCUT2D eigenvalue weighted by Gasteiger charge is -2.06. The summed E-state index contributed by atoms with van der Waals surface area (Å²) in [7, 11) is 0. The summed E-state index contributed by atoms with van der Waals surface area (Å²) in [6.45, 7) is 0. The summed E-state index contributed by atoms with van der Waals surface area (Å²) in [5, 5.41) is 13.2. The van der Waals surface area contributed by atoms with Gasteiger partial charge < -0.3 is 15.4 Å². The molecule has 3 rings (SSSR count). The highest BCUT2D eigenvalue weighted by Gasteiger charge is 2.29. The summed E-state index contributed by atoms with van der Waals surface area (Å²) in [5.41, 5.74) is 7.07. The minimum atomic E-state index is -0.297. The molecule has 0 aliphatic heterocycles. The predicted octanol–water partition coefficient (Wildman–Crippen LogP) is 1.90. The molecule has 1 aromatic carbocycles. The van der Waals surface area contributed by atoms with E-state index in [0.29, 0.717) is 18.2 Å².